The zero-order valence-corrected chi connectivity index (χ0v) is 10.9. The van der Waals surface area contributed by atoms with Gasteiger partial charge in [-0.15, -0.1) is 0 Å². The van der Waals surface area contributed by atoms with Gasteiger partial charge in [0, 0.05) is 18.7 Å². The number of likely N-dealkylation sites (tertiary alicyclic amines) is 1. The molecule has 1 aromatic carbocycles. The highest BCUT2D eigenvalue weighted by Crippen LogP contribution is 2.29. The van der Waals surface area contributed by atoms with E-state index < -0.39 is 4.92 Å². The van der Waals surface area contributed by atoms with Crippen molar-refractivity contribution in [3.05, 3.63) is 33.9 Å². The smallest absolute Gasteiger partial charge is 0.273 e. The number of phenolic OH excluding ortho intramolecular Hbond substituents is 1. The Morgan fingerprint density at radius 3 is 2.63 bits per heavy atom. The fourth-order valence-electron chi connectivity index (χ4n) is 2.35. The molecule has 1 N–H and O–H groups in total. The molecule has 2 unspecified atom stereocenters. The van der Waals surface area contributed by atoms with E-state index in [-0.39, 0.29) is 28.9 Å². The van der Waals surface area contributed by atoms with Gasteiger partial charge in [-0.3, -0.25) is 14.9 Å². The molecule has 102 valence electrons. The summed E-state index contributed by atoms with van der Waals surface area (Å²) in [5, 5.41) is 20.4. The predicted octanol–water partition coefficient (Wildman–Crippen LogP) is 2.17. The van der Waals surface area contributed by atoms with Crippen LogP contribution in [0.1, 0.15) is 30.6 Å². The fourth-order valence-corrected chi connectivity index (χ4v) is 2.35. The summed E-state index contributed by atoms with van der Waals surface area (Å²) in [6.45, 7) is 4.70. The Morgan fingerprint density at radius 2 is 2.16 bits per heavy atom. The quantitative estimate of drug-likeness (QED) is 0.655. The Kier molecular flexibility index (Phi) is 3.42. The highest BCUT2D eigenvalue weighted by Gasteiger charge is 2.32. The number of carbonyl (C=O) groups excluding carboxylic acids is 1. The number of carbonyl (C=O) groups is 1. The lowest BCUT2D eigenvalue weighted by atomic mass is 10.0. The number of amides is 1. The van der Waals surface area contributed by atoms with Gasteiger partial charge in [0.2, 0.25) is 0 Å². The topological polar surface area (TPSA) is 83.7 Å². The number of nitro groups is 1. The first-order chi connectivity index (χ1) is 8.91. The maximum absolute atomic E-state index is 12.3. The minimum atomic E-state index is -0.603. The molecule has 1 fully saturated rings. The second kappa shape index (κ2) is 4.87. The lowest BCUT2D eigenvalue weighted by Crippen LogP contribution is -2.35. The molecule has 1 aliphatic rings. The third-order valence-electron chi connectivity index (χ3n) is 3.82. The molecule has 0 spiro atoms. The molecule has 6 heteroatoms. The van der Waals surface area contributed by atoms with Crippen LogP contribution in [-0.2, 0) is 0 Å². The Morgan fingerprint density at radius 1 is 1.47 bits per heavy atom. The van der Waals surface area contributed by atoms with E-state index in [1.165, 1.54) is 12.1 Å². The van der Waals surface area contributed by atoms with Crippen molar-refractivity contribution in [2.24, 2.45) is 5.92 Å². The maximum Gasteiger partial charge on any atom is 0.273 e. The third-order valence-corrected chi connectivity index (χ3v) is 3.82. The third kappa shape index (κ3) is 2.38. The van der Waals surface area contributed by atoms with Crippen molar-refractivity contribution in [3.8, 4) is 5.75 Å². The van der Waals surface area contributed by atoms with Crippen LogP contribution in [0.3, 0.4) is 0 Å². The number of nitrogens with zero attached hydrogens (tertiary/aromatic N) is 2. The Bertz CT molecular complexity index is 529. The van der Waals surface area contributed by atoms with Crippen LogP contribution in [-0.4, -0.2) is 33.4 Å². The van der Waals surface area contributed by atoms with Gasteiger partial charge in [0.05, 0.1) is 16.6 Å². The van der Waals surface area contributed by atoms with Gasteiger partial charge in [-0.25, -0.2) is 0 Å². The van der Waals surface area contributed by atoms with Gasteiger partial charge in [0.25, 0.3) is 11.6 Å². The van der Waals surface area contributed by atoms with Gasteiger partial charge in [0.1, 0.15) is 5.75 Å². The van der Waals surface area contributed by atoms with Crippen LogP contribution >= 0.6 is 0 Å². The van der Waals surface area contributed by atoms with Gasteiger partial charge in [-0.2, -0.15) is 0 Å². The predicted molar refractivity (Wildman–Crippen MR) is 69.0 cm³/mol. The van der Waals surface area contributed by atoms with Crippen LogP contribution in [0.4, 0.5) is 5.69 Å². The molecule has 0 aliphatic carbocycles. The number of benzene rings is 1. The molecule has 1 heterocycles. The molecule has 2 atom stereocenters. The van der Waals surface area contributed by atoms with Crippen molar-refractivity contribution in [3.63, 3.8) is 0 Å². The standard InChI is InChI=1S/C13H16N2O4/c1-8-5-6-14(9(8)2)13(17)11-4-3-10(15(18)19)7-12(11)16/h3-4,7-9,16H,5-6H2,1-2H3. The number of non-ortho nitro benzene ring substituents is 1. The molecule has 1 saturated heterocycles. The largest absolute Gasteiger partial charge is 0.507 e. The van der Waals surface area contributed by atoms with Crippen LogP contribution in [0.5, 0.6) is 5.75 Å². The van der Waals surface area contributed by atoms with Crippen molar-refractivity contribution < 1.29 is 14.8 Å². The molecule has 0 saturated carbocycles. The van der Waals surface area contributed by atoms with E-state index in [1.807, 2.05) is 6.92 Å². The summed E-state index contributed by atoms with van der Waals surface area (Å²) in [4.78, 5) is 24.0. The summed E-state index contributed by atoms with van der Waals surface area (Å²) in [5.41, 5.74) is -0.108. The average molecular weight is 264 g/mol. The number of hydrogen-bond donors (Lipinski definition) is 1. The number of hydrogen-bond acceptors (Lipinski definition) is 4. The molecule has 0 aromatic heterocycles. The molecule has 6 nitrogen and oxygen atoms in total. The van der Waals surface area contributed by atoms with Crippen LogP contribution < -0.4 is 0 Å². The van der Waals surface area contributed by atoms with E-state index >= 15 is 0 Å². The second-order valence-corrected chi connectivity index (χ2v) is 4.96. The van der Waals surface area contributed by atoms with E-state index in [9.17, 15) is 20.0 Å². The van der Waals surface area contributed by atoms with E-state index in [2.05, 4.69) is 6.92 Å². The second-order valence-electron chi connectivity index (χ2n) is 4.96. The monoisotopic (exact) mass is 264 g/mol. The Hall–Kier alpha value is -2.11. The number of phenols is 1. The van der Waals surface area contributed by atoms with Crippen molar-refractivity contribution in [2.45, 2.75) is 26.3 Å². The molecule has 0 bridgehead atoms. The number of aromatic hydroxyl groups is 1. The number of nitro benzene ring substituents is 1. The van der Waals surface area contributed by atoms with Gasteiger partial charge < -0.3 is 10.0 Å². The van der Waals surface area contributed by atoms with E-state index in [0.717, 1.165) is 12.5 Å². The minimum Gasteiger partial charge on any atom is -0.507 e. The molecular formula is C13H16N2O4. The molecule has 1 aliphatic heterocycles. The van der Waals surface area contributed by atoms with Crippen molar-refractivity contribution in [1.29, 1.82) is 0 Å². The molecule has 1 aromatic rings. The zero-order chi connectivity index (χ0) is 14.2. The Labute approximate surface area is 110 Å². The number of rotatable bonds is 2. The normalized spacial score (nSPS) is 22.5. The first kappa shape index (κ1) is 13.3. The molecule has 0 radical (unpaired) electrons. The molecule has 2 rings (SSSR count). The van der Waals surface area contributed by atoms with Crippen LogP contribution in [0.2, 0.25) is 0 Å². The zero-order valence-electron chi connectivity index (χ0n) is 10.9. The van der Waals surface area contributed by atoms with Crippen molar-refractivity contribution >= 4 is 11.6 Å². The van der Waals surface area contributed by atoms with Gasteiger partial charge in [-0.05, 0) is 25.3 Å². The fraction of sp³-hybridized carbons (Fsp3) is 0.462. The molecular weight excluding hydrogens is 248 g/mol. The first-order valence-corrected chi connectivity index (χ1v) is 6.20. The summed E-state index contributed by atoms with van der Waals surface area (Å²) in [5.74, 6) is -0.195. The minimum absolute atomic E-state index is 0.113. The van der Waals surface area contributed by atoms with Crippen LogP contribution in [0, 0.1) is 16.0 Å². The first-order valence-electron chi connectivity index (χ1n) is 6.20. The summed E-state index contributed by atoms with van der Waals surface area (Å²) >= 11 is 0. The maximum atomic E-state index is 12.3. The van der Waals surface area contributed by atoms with Gasteiger partial charge in [0.15, 0.2) is 0 Å². The highest BCUT2D eigenvalue weighted by molar-refractivity contribution is 5.97. The summed E-state index contributed by atoms with van der Waals surface area (Å²) < 4.78 is 0. The summed E-state index contributed by atoms with van der Waals surface area (Å²) in [6.07, 6.45) is 0.931. The lowest BCUT2D eigenvalue weighted by Gasteiger charge is -2.23. The lowest BCUT2D eigenvalue weighted by molar-refractivity contribution is -0.384. The van der Waals surface area contributed by atoms with Crippen molar-refractivity contribution in [1.82, 2.24) is 4.90 Å². The van der Waals surface area contributed by atoms with Gasteiger partial charge >= 0.3 is 0 Å². The highest BCUT2D eigenvalue weighted by atomic mass is 16.6. The van der Waals surface area contributed by atoms with Crippen molar-refractivity contribution in [2.75, 3.05) is 6.54 Å². The summed E-state index contributed by atoms with van der Waals surface area (Å²) in [7, 11) is 0. The SMILES string of the molecule is CC1CCN(C(=O)c2ccc([N+](=O)[O-])cc2O)C1C. The van der Waals surface area contributed by atoms with E-state index in [1.54, 1.807) is 4.90 Å². The van der Waals surface area contributed by atoms with E-state index in [0.29, 0.717) is 12.5 Å². The average Bonchev–Trinajstić information content (AvgIpc) is 2.69. The van der Waals surface area contributed by atoms with E-state index in [4.69, 9.17) is 0 Å². The van der Waals surface area contributed by atoms with Gasteiger partial charge in [-0.1, -0.05) is 6.92 Å². The summed E-state index contributed by atoms with van der Waals surface area (Å²) in [6, 6.07) is 3.67. The van der Waals surface area contributed by atoms with Crippen LogP contribution in [0.25, 0.3) is 0 Å². The molecule has 19 heavy (non-hydrogen) atoms. The molecule has 1 amide bonds. The Balaban J connectivity index is 2.27. The van der Waals surface area contributed by atoms with Crippen LogP contribution in [0.15, 0.2) is 18.2 Å².